The number of nitrogens with zero attached hydrogens (tertiary/aromatic N) is 1. The molecule has 0 spiro atoms. The summed E-state index contributed by atoms with van der Waals surface area (Å²) in [5, 5.41) is 13.0. The molecule has 0 aliphatic rings. The molecular weight excluding hydrogens is 274 g/mol. The zero-order valence-corrected chi connectivity index (χ0v) is 10.1. The lowest BCUT2D eigenvalue weighted by Gasteiger charge is -2.07. The number of hydrogen-bond acceptors (Lipinski definition) is 3. The summed E-state index contributed by atoms with van der Waals surface area (Å²) in [6, 6.07) is 2.81. The van der Waals surface area contributed by atoms with E-state index in [0.717, 1.165) is 11.8 Å². The molecule has 1 N–H and O–H groups in total. The van der Waals surface area contributed by atoms with Crippen molar-refractivity contribution in [2.75, 3.05) is 12.0 Å². The first-order valence-electron chi connectivity index (χ1n) is 3.99. The maximum atomic E-state index is 12.0. The number of halogens is 3. The fourth-order valence-electron chi connectivity index (χ4n) is 0.935. The summed E-state index contributed by atoms with van der Waals surface area (Å²) in [5.74, 6) is -0.807. The van der Waals surface area contributed by atoms with Gasteiger partial charge in [0, 0.05) is 4.90 Å². The van der Waals surface area contributed by atoms with Gasteiger partial charge in [-0.05, 0) is 23.9 Å². The molecule has 84 valence electrons. The van der Waals surface area contributed by atoms with Crippen molar-refractivity contribution in [2.45, 2.75) is 4.90 Å². The number of benzene rings is 1. The van der Waals surface area contributed by atoms with Crippen molar-refractivity contribution >= 4 is 46.6 Å². The van der Waals surface area contributed by atoms with E-state index < -0.39 is 12.6 Å². The predicted octanol–water partition coefficient (Wildman–Crippen LogP) is 3.47. The predicted molar refractivity (Wildman–Crippen MR) is 62.5 cm³/mol. The van der Waals surface area contributed by atoms with Gasteiger partial charge in [0.2, 0.25) is 0 Å². The fourth-order valence-corrected chi connectivity index (χ4v) is 1.92. The second-order valence-corrected chi connectivity index (χ2v) is 4.28. The maximum Gasteiger partial charge on any atom is 0.255 e. The first kappa shape index (κ1) is 13.1. The molecule has 1 rings (SSSR count). The third-order valence-corrected chi connectivity index (χ3v) is 2.96. The number of amides is 1. The van der Waals surface area contributed by atoms with Gasteiger partial charge in [0.1, 0.15) is 5.40 Å². The number of thioether (sulfide) groups is 1. The smallest absolute Gasteiger partial charge is 0.255 e. The SMILES string of the molecule is N#CSc1cc(Cl)c(NC(=O)CF)cc1Cl. The Hall–Kier alpha value is -0.960. The van der Waals surface area contributed by atoms with Gasteiger partial charge in [-0.3, -0.25) is 4.79 Å². The second kappa shape index (κ2) is 5.94. The fraction of sp³-hybridized carbons (Fsp3) is 0.111. The number of nitriles is 1. The molecule has 0 aromatic heterocycles. The summed E-state index contributed by atoms with van der Waals surface area (Å²) < 4.78 is 12.0. The summed E-state index contributed by atoms with van der Waals surface area (Å²) in [7, 11) is 0. The molecule has 0 saturated heterocycles. The van der Waals surface area contributed by atoms with Crippen LogP contribution in [0.3, 0.4) is 0 Å². The molecular formula is C9H5Cl2FN2OS. The van der Waals surface area contributed by atoms with Crippen molar-refractivity contribution in [3.63, 3.8) is 0 Å². The van der Waals surface area contributed by atoms with Crippen LogP contribution in [0.25, 0.3) is 0 Å². The van der Waals surface area contributed by atoms with E-state index in [1.807, 2.05) is 5.40 Å². The maximum absolute atomic E-state index is 12.0. The first-order valence-corrected chi connectivity index (χ1v) is 5.56. The Bertz CT molecular complexity index is 462. The molecule has 0 bridgehead atoms. The van der Waals surface area contributed by atoms with Crippen molar-refractivity contribution in [2.24, 2.45) is 0 Å². The van der Waals surface area contributed by atoms with Gasteiger partial charge in [-0.25, -0.2) is 4.39 Å². The van der Waals surface area contributed by atoms with Gasteiger partial charge in [-0.15, -0.1) is 0 Å². The molecule has 0 fully saturated rings. The lowest BCUT2D eigenvalue weighted by atomic mass is 10.3. The van der Waals surface area contributed by atoms with Crippen molar-refractivity contribution in [3.05, 3.63) is 22.2 Å². The molecule has 0 atom stereocenters. The standard InChI is InChI=1S/C9H5Cl2FN2OS/c10-5-2-8(16-4-13)6(11)1-7(5)14-9(15)3-12/h1-2H,3H2,(H,14,15). The van der Waals surface area contributed by atoms with Crippen LogP contribution in [-0.2, 0) is 4.79 Å². The van der Waals surface area contributed by atoms with E-state index in [1.54, 1.807) is 0 Å². The van der Waals surface area contributed by atoms with Crippen molar-refractivity contribution in [1.29, 1.82) is 5.26 Å². The number of carbonyl (C=O) groups is 1. The summed E-state index contributed by atoms with van der Waals surface area (Å²) >= 11 is 12.5. The van der Waals surface area contributed by atoms with Gasteiger partial charge in [0.25, 0.3) is 5.91 Å². The first-order chi connectivity index (χ1) is 7.58. The monoisotopic (exact) mass is 278 g/mol. The molecule has 0 radical (unpaired) electrons. The van der Waals surface area contributed by atoms with Gasteiger partial charge in [0.15, 0.2) is 6.67 Å². The molecule has 0 heterocycles. The zero-order valence-electron chi connectivity index (χ0n) is 7.76. The Morgan fingerprint density at radius 1 is 1.50 bits per heavy atom. The second-order valence-electron chi connectivity index (χ2n) is 2.64. The van der Waals surface area contributed by atoms with Gasteiger partial charge < -0.3 is 5.32 Å². The van der Waals surface area contributed by atoms with Crippen LogP contribution >= 0.6 is 35.0 Å². The lowest BCUT2D eigenvalue weighted by molar-refractivity contribution is -0.117. The lowest BCUT2D eigenvalue weighted by Crippen LogP contribution is -2.13. The van der Waals surface area contributed by atoms with E-state index in [4.69, 9.17) is 28.5 Å². The summed E-state index contributed by atoms with van der Waals surface area (Å²) in [4.78, 5) is 11.3. The van der Waals surface area contributed by atoms with E-state index in [2.05, 4.69) is 5.32 Å². The van der Waals surface area contributed by atoms with Crippen LogP contribution in [0.2, 0.25) is 10.0 Å². The number of hydrogen-bond donors (Lipinski definition) is 1. The van der Waals surface area contributed by atoms with Crippen LogP contribution < -0.4 is 5.32 Å². The quantitative estimate of drug-likeness (QED) is 0.680. The molecule has 7 heteroatoms. The van der Waals surface area contributed by atoms with Crippen molar-refractivity contribution in [1.82, 2.24) is 0 Å². The number of rotatable bonds is 3. The highest BCUT2D eigenvalue weighted by molar-refractivity contribution is 8.03. The minimum Gasteiger partial charge on any atom is -0.322 e. The largest absolute Gasteiger partial charge is 0.322 e. The average molecular weight is 279 g/mol. The Balaban J connectivity index is 3.01. The van der Waals surface area contributed by atoms with Gasteiger partial charge in [-0.2, -0.15) is 5.26 Å². The molecule has 1 aromatic rings. The number of nitrogens with one attached hydrogen (secondary N) is 1. The normalized spacial score (nSPS) is 9.62. The molecule has 0 aliphatic carbocycles. The van der Waals surface area contributed by atoms with Gasteiger partial charge in [-0.1, -0.05) is 23.2 Å². The van der Waals surface area contributed by atoms with Gasteiger partial charge in [0.05, 0.1) is 15.7 Å². The third kappa shape index (κ3) is 3.27. The number of carbonyl (C=O) groups excluding carboxylic acids is 1. The molecule has 1 amide bonds. The summed E-state index contributed by atoms with van der Waals surface area (Å²) in [6.07, 6.45) is 0. The molecule has 0 unspecified atom stereocenters. The van der Waals surface area contributed by atoms with E-state index in [0.29, 0.717) is 4.90 Å². The van der Waals surface area contributed by atoms with E-state index >= 15 is 0 Å². The van der Waals surface area contributed by atoms with Gasteiger partial charge >= 0.3 is 0 Å². The molecule has 16 heavy (non-hydrogen) atoms. The van der Waals surface area contributed by atoms with Crippen LogP contribution in [0.4, 0.5) is 10.1 Å². The Morgan fingerprint density at radius 2 is 2.19 bits per heavy atom. The van der Waals surface area contributed by atoms with Crippen LogP contribution in [-0.4, -0.2) is 12.6 Å². The number of alkyl halides is 1. The molecule has 0 aliphatic heterocycles. The summed E-state index contributed by atoms with van der Waals surface area (Å²) in [5.41, 5.74) is 0.219. The highest BCUT2D eigenvalue weighted by atomic mass is 35.5. The van der Waals surface area contributed by atoms with Crippen molar-refractivity contribution < 1.29 is 9.18 Å². The summed E-state index contributed by atoms with van der Waals surface area (Å²) in [6.45, 7) is -1.14. The Labute approximate surface area is 106 Å². The Morgan fingerprint density at radius 3 is 2.75 bits per heavy atom. The molecule has 3 nitrogen and oxygen atoms in total. The van der Waals surface area contributed by atoms with E-state index in [9.17, 15) is 9.18 Å². The van der Waals surface area contributed by atoms with Crippen LogP contribution in [0, 0.1) is 10.7 Å². The molecule has 0 saturated carbocycles. The minimum absolute atomic E-state index is 0.198. The zero-order chi connectivity index (χ0) is 12.1. The van der Waals surface area contributed by atoms with E-state index in [-0.39, 0.29) is 15.7 Å². The van der Waals surface area contributed by atoms with Crippen LogP contribution in [0.5, 0.6) is 0 Å². The number of anilines is 1. The Kier molecular flexibility index (Phi) is 4.87. The van der Waals surface area contributed by atoms with Crippen LogP contribution in [0.15, 0.2) is 17.0 Å². The topological polar surface area (TPSA) is 52.9 Å². The third-order valence-electron chi connectivity index (χ3n) is 1.57. The molecule has 1 aromatic carbocycles. The minimum atomic E-state index is -1.14. The van der Waals surface area contributed by atoms with Crippen molar-refractivity contribution in [3.8, 4) is 5.40 Å². The van der Waals surface area contributed by atoms with E-state index in [1.165, 1.54) is 12.1 Å². The number of thiocyanates is 1. The average Bonchev–Trinajstić information content (AvgIpc) is 2.25. The highest BCUT2D eigenvalue weighted by Crippen LogP contribution is 2.34. The van der Waals surface area contributed by atoms with Crippen LogP contribution in [0.1, 0.15) is 0 Å². The highest BCUT2D eigenvalue weighted by Gasteiger charge is 2.10.